The number of piperazine rings is 1. The summed E-state index contributed by atoms with van der Waals surface area (Å²) in [6.45, 7) is 3.54. The molecule has 1 unspecified atom stereocenters. The van der Waals surface area contributed by atoms with E-state index >= 15 is 0 Å². The number of carbonyl (C=O) groups excluding carboxylic acids is 2. The number of aromatic nitrogens is 3. The molecule has 0 aliphatic carbocycles. The average molecular weight is 496 g/mol. The van der Waals surface area contributed by atoms with Gasteiger partial charge in [-0.25, -0.2) is 0 Å². The molecule has 2 amide bonds. The molecule has 31 heavy (non-hydrogen) atoms. The molecule has 3 aromatic rings. The molecule has 0 radical (unpaired) electrons. The highest BCUT2D eigenvalue weighted by atomic mass is 35.5. The smallest absolute Gasteiger partial charge is 0.254 e. The number of halogens is 2. The fraction of sp³-hybridized carbons (Fsp3) is 0.300. The monoisotopic (exact) mass is 495 g/mol. The van der Waals surface area contributed by atoms with E-state index in [1.807, 2.05) is 24.4 Å². The van der Waals surface area contributed by atoms with Crippen LogP contribution >= 0.6 is 46.8 Å². The zero-order valence-corrected chi connectivity index (χ0v) is 19.7. The first-order valence-electron chi connectivity index (χ1n) is 9.60. The molecule has 0 saturated carbocycles. The van der Waals surface area contributed by atoms with Gasteiger partial charge < -0.3 is 9.80 Å². The van der Waals surface area contributed by atoms with Gasteiger partial charge in [-0.2, -0.15) is 5.10 Å². The van der Waals surface area contributed by atoms with Gasteiger partial charge in [0.2, 0.25) is 5.91 Å². The second kappa shape index (κ2) is 9.12. The van der Waals surface area contributed by atoms with Crippen molar-refractivity contribution in [1.29, 1.82) is 0 Å². The normalized spacial score (nSPS) is 15.2. The lowest BCUT2D eigenvalue weighted by molar-refractivity contribution is -0.135. The van der Waals surface area contributed by atoms with E-state index in [0.29, 0.717) is 52.4 Å². The average Bonchev–Trinajstić information content (AvgIpc) is 3.41. The van der Waals surface area contributed by atoms with Crippen LogP contribution in [0.1, 0.15) is 23.3 Å². The molecule has 162 valence electrons. The molecule has 2 aromatic heterocycles. The van der Waals surface area contributed by atoms with Crippen LogP contribution in [0.4, 0.5) is 0 Å². The van der Waals surface area contributed by atoms with Crippen LogP contribution in [0.2, 0.25) is 10.0 Å². The van der Waals surface area contributed by atoms with Crippen LogP contribution < -0.4 is 0 Å². The van der Waals surface area contributed by atoms with E-state index < -0.39 is 6.04 Å². The maximum Gasteiger partial charge on any atom is 0.254 e. The Kier molecular flexibility index (Phi) is 6.47. The first kappa shape index (κ1) is 22.0. The van der Waals surface area contributed by atoms with Gasteiger partial charge in [-0.1, -0.05) is 29.3 Å². The van der Waals surface area contributed by atoms with Crippen LogP contribution in [-0.2, 0) is 4.79 Å². The summed E-state index contributed by atoms with van der Waals surface area (Å²) in [4.78, 5) is 30.4. The molecule has 1 N–H and O–H groups in total. The third-order valence-corrected chi connectivity index (χ3v) is 6.77. The maximum atomic E-state index is 13.2. The SMILES string of the molecule is CC(C(=O)N1CCN(C(=O)c2cc(Cl)cc(Cl)c2)CC1)n1c(-c2cccs2)n[nH]c1=S. The second-order valence-electron chi connectivity index (χ2n) is 7.15. The molecule has 1 fully saturated rings. The van der Waals surface area contributed by atoms with Crippen LogP contribution in [0, 0.1) is 4.77 Å². The van der Waals surface area contributed by atoms with Crippen LogP contribution in [0.5, 0.6) is 0 Å². The number of hydrogen-bond donors (Lipinski definition) is 1. The predicted octanol–water partition coefficient (Wildman–Crippen LogP) is 4.52. The standard InChI is InChI=1S/C20H19Cl2N5O2S2/c1-12(27-17(23-24-20(27)30)16-3-2-8-31-16)18(28)25-4-6-26(7-5-25)19(29)13-9-14(21)11-15(22)10-13/h2-3,8-12H,4-7H2,1H3,(H,24,30). The molecule has 4 rings (SSSR count). The molecule has 0 bridgehead atoms. The quantitative estimate of drug-likeness (QED) is 0.539. The third kappa shape index (κ3) is 4.55. The number of aromatic amines is 1. The maximum absolute atomic E-state index is 13.2. The van der Waals surface area contributed by atoms with Gasteiger partial charge in [-0.3, -0.25) is 19.3 Å². The summed E-state index contributed by atoms with van der Waals surface area (Å²) in [5.74, 6) is 0.433. The summed E-state index contributed by atoms with van der Waals surface area (Å²) < 4.78 is 2.14. The van der Waals surface area contributed by atoms with Crippen molar-refractivity contribution in [3.8, 4) is 10.7 Å². The van der Waals surface area contributed by atoms with E-state index in [9.17, 15) is 9.59 Å². The Hall–Kier alpha value is -2.20. The number of nitrogens with one attached hydrogen (secondary N) is 1. The van der Waals surface area contributed by atoms with Crippen molar-refractivity contribution in [3.63, 3.8) is 0 Å². The second-order valence-corrected chi connectivity index (χ2v) is 9.36. The minimum atomic E-state index is -0.516. The number of amides is 2. The predicted molar refractivity (Wildman–Crippen MR) is 124 cm³/mol. The minimum Gasteiger partial charge on any atom is -0.337 e. The number of carbonyl (C=O) groups is 2. The summed E-state index contributed by atoms with van der Waals surface area (Å²) in [6, 6.07) is 8.14. The lowest BCUT2D eigenvalue weighted by Gasteiger charge is -2.36. The Morgan fingerprint density at radius 2 is 1.77 bits per heavy atom. The summed E-state index contributed by atoms with van der Waals surface area (Å²) >= 11 is 18.9. The molecule has 1 aliphatic heterocycles. The van der Waals surface area contributed by atoms with E-state index in [-0.39, 0.29) is 11.8 Å². The molecule has 1 atom stereocenters. The number of nitrogens with zero attached hydrogens (tertiary/aromatic N) is 4. The van der Waals surface area contributed by atoms with Crippen LogP contribution in [-0.4, -0.2) is 62.6 Å². The summed E-state index contributed by atoms with van der Waals surface area (Å²) in [5, 5.41) is 9.87. The van der Waals surface area contributed by atoms with E-state index in [1.165, 1.54) is 11.3 Å². The van der Waals surface area contributed by atoms with Gasteiger partial charge in [0.25, 0.3) is 5.91 Å². The molecule has 1 aliphatic rings. The molecule has 11 heteroatoms. The molecule has 0 spiro atoms. The summed E-state index contributed by atoms with van der Waals surface area (Å²) in [5.41, 5.74) is 0.441. The molecular formula is C20H19Cl2N5O2S2. The van der Waals surface area contributed by atoms with Crippen molar-refractivity contribution in [2.75, 3.05) is 26.2 Å². The van der Waals surface area contributed by atoms with E-state index in [1.54, 1.807) is 32.6 Å². The van der Waals surface area contributed by atoms with Gasteiger partial charge >= 0.3 is 0 Å². The number of rotatable bonds is 4. The number of benzene rings is 1. The first-order valence-corrected chi connectivity index (χ1v) is 11.6. The lowest BCUT2D eigenvalue weighted by Crippen LogP contribution is -2.52. The van der Waals surface area contributed by atoms with Gasteiger partial charge in [0.15, 0.2) is 10.6 Å². The zero-order chi connectivity index (χ0) is 22.1. The van der Waals surface area contributed by atoms with Crippen LogP contribution in [0.15, 0.2) is 35.7 Å². The van der Waals surface area contributed by atoms with Gasteiger partial charge in [0.05, 0.1) is 4.88 Å². The molecule has 1 saturated heterocycles. The zero-order valence-electron chi connectivity index (χ0n) is 16.5. The third-order valence-electron chi connectivity index (χ3n) is 5.18. The van der Waals surface area contributed by atoms with Crippen molar-refractivity contribution in [1.82, 2.24) is 24.6 Å². The molecule has 1 aromatic carbocycles. The number of thiophene rings is 1. The van der Waals surface area contributed by atoms with Crippen molar-refractivity contribution < 1.29 is 9.59 Å². The van der Waals surface area contributed by atoms with Crippen molar-refractivity contribution in [2.45, 2.75) is 13.0 Å². The summed E-state index contributed by atoms with van der Waals surface area (Å²) in [6.07, 6.45) is 0. The Balaban J connectivity index is 1.45. The Morgan fingerprint density at radius 1 is 1.13 bits per heavy atom. The summed E-state index contributed by atoms with van der Waals surface area (Å²) in [7, 11) is 0. The molecule has 7 nitrogen and oxygen atoms in total. The Bertz CT molecular complexity index is 1150. The van der Waals surface area contributed by atoms with Crippen LogP contribution in [0.25, 0.3) is 10.7 Å². The van der Waals surface area contributed by atoms with Crippen molar-refractivity contribution in [2.24, 2.45) is 0 Å². The van der Waals surface area contributed by atoms with Gasteiger partial charge in [0.1, 0.15) is 6.04 Å². The molecular weight excluding hydrogens is 477 g/mol. The van der Waals surface area contributed by atoms with Crippen LogP contribution in [0.3, 0.4) is 0 Å². The first-order chi connectivity index (χ1) is 14.8. The Labute approximate surface area is 198 Å². The fourth-order valence-electron chi connectivity index (χ4n) is 3.61. The van der Waals surface area contributed by atoms with E-state index in [2.05, 4.69) is 10.2 Å². The largest absolute Gasteiger partial charge is 0.337 e. The van der Waals surface area contributed by atoms with E-state index in [4.69, 9.17) is 35.4 Å². The Morgan fingerprint density at radius 3 is 2.39 bits per heavy atom. The highest BCUT2D eigenvalue weighted by molar-refractivity contribution is 7.71. The minimum absolute atomic E-state index is 0.0618. The van der Waals surface area contributed by atoms with Gasteiger partial charge in [-0.05, 0) is 48.8 Å². The lowest BCUT2D eigenvalue weighted by atomic mass is 10.1. The molecule has 3 heterocycles. The highest BCUT2D eigenvalue weighted by Gasteiger charge is 2.30. The van der Waals surface area contributed by atoms with E-state index in [0.717, 1.165) is 4.88 Å². The van der Waals surface area contributed by atoms with Crippen molar-refractivity contribution >= 4 is 58.6 Å². The van der Waals surface area contributed by atoms with Gasteiger partial charge in [0, 0.05) is 41.8 Å². The number of hydrogen-bond acceptors (Lipinski definition) is 5. The van der Waals surface area contributed by atoms with Crippen molar-refractivity contribution in [3.05, 3.63) is 56.1 Å². The van der Waals surface area contributed by atoms with Gasteiger partial charge in [-0.15, -0.1) is 11.3 Å². The highest BCUT2D eigenvalue weighted by Crippen LogP contribution is 2.27. The number of H-pyrrole nitrogens is 1. The fourth-order valence-corrected chi connectivity index (χ4v) is 5.13. The topological polar surface area (TPSA) is 74.2 Å².